The van der Waals surface area contributed by atoms with Gasteiger partial charge in [-0.3, -0.25) is 64.8 Å². The van der Waals surface area contributed by atoms with E-state index >= 15 is 0 Å². The minimum Gasteiger partial charge on any atom is -0.480 e. The zero-order valence-electron chi connectivity index (χ0n) is 52.0. The molecule has 0 radical (unpaired) electrons. The molecule has 506 valence electrons. The van der Waals surface area contributed by atoms with Crippen LogP contribution in [0, 0.1) is 33.5 Å². The summed E-state index contributed by atoms with van der Waals surface area (Å²) in [6.45, 7) is 7.66. The van der Waals surface area contributed by atoms with Crippen molar-refractivity contribution in [3.05, 3.63) is 0 Å². The van der Waals surface area contributed by atoms with Crippen molar-refractivity contribution >= 4 is 83.0 Å². The van der Waals surface area contributed by atoms with Gasteiger partial charge in [-0.25, -0.2) is 4.79 Å². The predicted molar refractivity (Wildman–Crippen MR) is 334 cm³/mol. The largest absolute Gasteiger partial charge is 0.480 e. The highest BCUT2D eigenvalue weighted by molar-refractivity contribution is 5.98. The van der Waals surface area contributed by atoms with Gasteiger partial charge in [0, 0.05) is 32.7 Å². The van der Waals surface area contributed by atoms with E-state index in [2.05, 4.69) is 63.8 Å². The summed E-state index contributed by atoms with van der Waals surface area (Å²) in [4.78, 5) is 139. The monoisotopic (exact) mass is 1260 g/mol. The molecule has 0 aromatic carbocycles. The Morgan fingerprint density at radius 1 is 0.472 bits per heavy atom. The average Bonchev–Trinajstić information content (AvgIpc) is 4.19. The fourth-order valence-corrected chi connectivity index (χ4v) is 9.42. The number of carbonyl (C=O) groups is 10. The summed E-state index contributed by atoms with van der Waals surface area (Å²) in [5, 5.41) is 71.4. The number of guanidine groups is 4. The molecule has 1 rings (SSSR count). The number of nitrogens with two attached hydrogens (primary N) is 7. The lowest BCUT2D eigenvalue weighted by atomic mass is 10.00. The van der Waals surface area contributed by atoms with Crippen molar-refractivity contribution in [1.29, 1.82) is 21.6 Å². The molecule has 0 bridgehead atoms. The standard InChI is InChI=1S/C54H104N24O11/c1-30(2)28-38(76-47(85)36(18-11-25-68-53(62)63)74-49(87)41(31(3)4)77-42(80)32(57)14-5-7-21-55)43(81)70-29-40(79)78-27-13-20-39(78)48(86)73-33(15-6-8-22-56)44(82)71-34(16-9-23-66-51(58)59)45(83)72-35(17-10-24-67-52(60)61)46(84)75-37(50(88)89)19-12-26-69-54(64)65/h30-39,41H,5-29,55-57H2,1-4H3,(H,70,81)(H,71,82)(H,72,83)(H,73,86)(H,74,87)(H,75,84)(H,76,85)(H,77,80)(H,88,89)(H4,58,59,66)(H4,60,61,67)(H4,62,63,68)(H4,64,65,69)/t32-,33-,34-,35-,36-,37-,38-,39-,41-/m0/s1. The van der Waals surface area contributed by atoms with Crippen molar-refractivity contribution in [1.82, 2.24) is 68.7 Å². The van der Waals surface area contributed by atoms with Crippen LogP contribution in [-0.4, -0.2) is 200 Å². The van der Waals surface area contributed by atoms with Crippen LogP contribution in [0.1, 0.15) is 137 Å². The number of likely N-dealkylation sites (tertiary alicyclic amines) is 1. The van der Waals surface area contributed by atoms with Crippen LogP contribution in [-0.2, 0) is 47.9 Å². The van der Waals surface area contributed by atoms with Crippen molar-refractivity contribution in [3.8, 4) is 0 Å². The number of aliphatic carboxylic acids is 1. The molecular formula is C54H104N24O11. The minimum absolute atomic E-state index is 0.0141. The van der Waals surface area contributed by atoms with Gasteiger partial charge in [-0.2, -0.15) is 0 Å². The highest BCUT2D eigenvalue weighted by Gasteiger charge is 2.38. The summed E-state index contributed by atoms with van der Waals surface area (Å²) in [5.74, 6) is -10.0. The number of hydrogen-bond donors (Lipinski definition) is 24. The number of carbonyl (C=O) groups excluding carboxylic acids is 9. The zero-order valence-corrected chi connectivity index (χ0v) is 52.0. The first-order valence-corrected chi connectivity index (χ1v) is 30.4. The van der Waals surface area contributed by atoms with E-state index in [9.17, 15) is 53.1 Å². The minimum atomic E-state index is -1.42. The van der Waals surface area contributed by atoms with Crippen molar-refractivity contribution in [3.63, 3.8) is 0 Å². The van der Waals surface area contributed by atoms with Crippen molar-refractivity contribution in [2.75, 3.05) is 52.4 Å². The molecule has 0 aromatic rings. The SMILES string of the molecule is CC(C)C[C@H](NC(=O)[C@H](CCCNC(=N)N)NC(=O)[C@@H](NC(=O)[C@@H](N)CCCCN)C(C)C)C(=O)NCC(=O)N1CCC[C@H]1C(=O)N[C@@H](CCCCN)C(=O)N[C@@H](CCCNC(=N)N)C(=O)N[C@@H](CCCNC(=N)N)C(=O)N[C@@H](CCCNC(=N)N)C(=O)O. The van der Waals surface area contributed by atoms with Gasteiger partial charge in [0.05, 0.1) is 12.6 Å². The van der Waals surface area contributed by atoms with E-state index < -0.39 is 126 Å². The van der Waals surface area contributed by atoms with Crippen molar-refractivity contribution in [2.24, 2.45) is 52.0 Å². The van der Waals surface area contributed by atoms with Crippen LogP contribution in [0.25, 0.3) is 0 Å². The van der Waals surface area contributed by atoms with E-state index in [-0.39, 0.29) is 140 Å². The second kappa shape index (κ2) is 43.3. The van der Waals surface area contributed by atoms with Gasteiger partial charge >= 0.3 is 5.97 Å². The summed E-state index contributed by atoms with van der Waals surface area (Å²) in [6, 6.07) is -11.1. The Kier molecular flexibility index (Phi) is 38.3. The van der Waals surface area contributed by atoms with E-state index in [1.807, 2.05) is 0 Å². The third-order valence-corrected chi connectivity index (χ3v) is 14.2. The average molecular weight is 1270 g/mol. The Balaban J connectivity index is 3.42. The molecule has 1 fully saturated rings. The number of nitrogens with zero attached hydrogens (tertiary/aromatic N) is 1. The Labute approximate surface area is 520 Å². The zero-order chi connectivity index (χ0) is 67.2. The number of amides is 9. The van der Waals surface area contributed by atoms with E-state index in [1.54, 1.807) is 27.7 Å². The molecule has 0 saturated carbocycles. The second-order valence-electron chi connectivity index (χ2n) is 22.6. The molecule has 0 aliphatic carbocycles. The van der Waals surface area contributed by atoms with Crippen molar-refractivity contribution < 1.29 is 53.1 Å². The maximum absolute atomic E-state index is 14.3. The lowest BCUT2D eigenvalue weighted by Crippen LogP contribution is -2.59. The lowest BCUT2D eigenvalue weighted by molar-refractivity contribution is -0.142. The van der Waals surface area contributed by atoms with Crippen molar-refractivity contribution in [2.45, 2.75) is 191 Å². The first kappa shape index (κ1) is 78.7. The van der Waals surface area contributed by atoms with Gasteiger partial charge in [-0.05, 0) is 128 Å². The first-order valence-electron chi connectivity index (χ1n) is 30.4. The van der Waals surface area contributed by atoms with E-state index in [4.69, 9.17) is 61.8 Å². The quantitative estimate of drug-likeness (QED) is 0.0153. The van der Waals surface area contributed by atoms with Gasteiger partial charge in [-0.1, -0.05) is 34.1 Å². The van der Waals surface area contributed by atoms with E-state index in [0.717, 1.165) is 0 Å². The normalized spacial score (nSPS) is 15.4. The summed E-state index contributed by atoms with van der Waals surface area (Å²) in [7, 11) is 0. The van der Waals surface area contributed by atoms with Crippen LogP contribution >= 0.6 is 0 Å². The number of carboxylic acid groups (broad SMARTS) is 1. The van der Waals surface area contributed by atoms with Gasteiger partial charge in [0.1, 0.15) is 48.3 Å². The third-order valence-electron chi connectivity index (χ3n) is 14.2. The Hall–Kier alpha value is -8.34. The smallest absolute Gasteiger partial charge is 0.326 e. The van der Waals surface area contributed by atoms with E-state index in [1.165, 1.54) is 4.90 Å². The molecule has 31 N–H and O–H groups in total. The molecule has 0 unspecified atom stereocenters. The van der Waals surface area contributed by atoms with Gasteiger partial charge in [0.2, 0.25) is 53.2 Å². The predicted octanol–water partition coefficient (Wildman–Crippen LogP) is -6.09. The molecule has 35 heteroatoms. The molecule has 89 heavy (non-hydrogen) atoms. The highest BCUT2D eigenvalue weighted by Crippen LogP contribution is 2.19. The number of hydrogen-bond acceptors (Lipinski definition) is 17. The second-order valence-corrected chi connectivity index (χ2v) is 22.6. The highest BCUT2D eigenvalue weighted by atomic mass is 16.4. The van der Waals surface area contributed by atoms with Crippen LogP contribution in [0.15, 0.2) is 0 Å². The number of carboxylic acids is 1. The van der Waals surface area contributed by atoms with Gasteiger partial charge in [-0.15, -0.1) is 0 Å². The summed E-state index contributed by atoms with van der Waals surface area (Å²) in [5.41, 5.74) is 39.1. The third kappa shape index (κ3) is 33.0. The summed E-state index contributed by atoms with van der Waals surface area (Å²) in [6.07, 6.45) is 3.50. The van der Waals surface area contributed by atoms with Gasteiger partial charge in [0.25, 0.3) is 0 Å². The Morgan fingerprint density at radius 3 is 1.26 bits per heavy atom. The van der Waals surface area contributed by atoms with Crippen LogP contribution in [0.2, 0.25) is 0 Å². The maximum Gasteiger partial charge on any atom is 0.326 e. The summed E-state index contributed by atoms with van der Waals surface area (Å²) < 4.78 is 0. The van der Waals surface area contributed by atoms with Crippen LogP contribution < -0.4 is 104 Å². The molecule has 35 nitrogen and oxygen atoms in total. The van der Waals surface area contributed by atoms with Gasteiger partial charge in [0.15, 0.2) is 23.8 Å². The molecule has 1 saturated heterocycles. The van der Waals surface area contributed by atoms with Crippen LogP contribution in [0.3, 0.4) is 0 Å². The lowest BCUT2D eigenvalue weighted by Gasteiger charge is -2.29. The first-order chi connectivity index (χ1) is 42.0. The van der Waals surface area contributed by atoms with Crippen LogP contribution in [0.5, 0.6) is 0 Å². The Bertz CT molecular complexity index is 2350. The Morgan fingerprint density at radius 2 is 0.854 bits per heavy atom. The maximum atomic E-state index is 14.3. The molecule has 0 aromatic heterocycles. The fraction of sp³-hybridized carbons (Fsp3) is 0.741. The molecule has 1 aliphatic heterocycles. The fourth-order valence-electron chi connectivity index (χ4n) is 9.42. The number of rotatable bonds is 45. The molecule has 9 amide bonds. The topological polar surface area (TPSA) is 616 Å². The van der Waals surface area contributed by atoms with E-state index in [0.29, 0.717) is 45.1 Å². The number of nitrogens with one attached hydrogen (secondary N) is 16. The molecular weight excluding hydrogens is 1160 g/mol. The molecule has 1 heterocycles. The number of unbranched alkanes of at least 4 members (excludes halogenated alkanes) is 2. The summed E-state index contributed by atoms with van der Waals surface area (Å²) >= 11 is 0. The van der Waals surface area contributed by atoms with Gasteiger partial charge < -0.3 is 114 Å². The van der Waals surface area contributed by atoms with Crippen LogP contribution in [0.4, 0.5) is 0 Å². The molecule has 9 atom stereocenters. The molecule has 0 spiro atoms. The molecule has 1 aliphatic rings.